The second-order valence-electron chi connectivity index (χ2n) is 5.77. The Bertz CT molecular complexity index is 933. The van der Waals surface area contributed by atoms with E-state index >= 15 is 0 Å². The molecule has 0 aliphatic heterocycles. The number of rotatable bonds is 3. The van der Waals surface area contributed by atoms with Crippen molar-refractivity contribution in [3.63, 3.8) is 0 Å². The van der Waals surface area contributed by atoms with Crippen LogP contribution >= 0.6 is 0 Å². The predicted molar refractivity (Wildman–Crippen MR) is 90.5 cm³/mol. The van der Waals surface area contributed by atoms with Crippen molar-refractivity contribution >= 4 is 16.9 Å². The van der Waals surface area contributed by atoms with Crippen molar-refractivity contribution in [1.29, 1.82) is 0 Å². The van der Waals surface area contributed by atoms with Crippen molar-refractivity contribution < 1.29 is 4.79 Å². The van der Waals surface area contributed by atoms with E-state index in [-0.39, 0.29) is 11.6 Å². The Kier molecular flexibility index (Phi) is 3.78. The van der Waals surface area contributed by atoms with Crippen LogP contribution in [0.4, 0.5) is 0 Å². The van der Waals surface area contributed by atoms with E-state index in [2.05, 4.69) is 5.32 Å². The third-order valence-electron chi connectivity index (χ3n) is 4.11. The van der Waals surface area contributed by atoms with Crippen LogP contribution in [0.15, 0.2) is 47.3 Å². The second kappa shape index (κ2) is 5.76. The van der Waals surface area contributed by atoms with Crippen molar-refractivity contribution in [2.45, 2.75) is 13.5 Å². The monoisotopic (exact) mass is 309 g/mol. The molecular weight excluding hydrogens is 290 g/mol. The van der Waals surface area contributed by atoms with Gasteiger partial charge in [0, 0.05) is 26.2 Å². The van der Waals surface area contributed by atoms with Gasteiger partial charge in [-0.05, 0) is 30.7 Å². The van der Waals surface area contributed by atoms with Crippen molar-refractivity contribution in [1.82, 2.24) is 14.5 Å². The zero-order valence-electron chi connectivity index (χ0n) is 13.5. The SMILES string of the molecule is Cc1ccc(CNC(=O)c2ccc3c(c2)n(C)c(=O)n3C)cc1. The number of hydrogen-bond acceptors (Lipinski definition) is 2. The summed E-state index contributed by atoms with van der Waals surface area (Å²) in [6, 6.07) is 13.3. The van der Waals surface area contributed by atoms with Crippen LogP contribution < -0.4 is 11.0 Å². The zero-order chi connectivity index (χ0) is 16.6. The highest BCUT2D eigenvalue weighted by molar-refractivity contribution is 5.97. The van der Waals surface area contributed by atoms with Crippen LogP contribution in [0.1, 0.15) is 21.5 Å². The van der Waals surface area contributed by atoms with Crippen LogP contribution in [0.3, 0.4) is 0 Å². The molecule has 1 heterocycles. The molecule has 0 saturated heterocycles. The molecule has 5 heteroatoms. The van der Waals surface area contributed by atoms with E-state index in [1.54, 1.807) is 41.4 Å². The lowest BCUT2D eigenvalue weighted by atomic mass is 10.1. The Morgan fingerprint density at radius 3 is 2.35 bits per heavy atom. The minimum absolute atomic E-state index is 0.0998. The highest BCUT2D eigenvalue weighted by atomic mass is 16.2. The fourth-order valence-corrected chi connectivity index (χ4v) is 2.64. The molecule has 1 aromatic heterocycles. The normalized spacial score (nSPS) is 10.9. The van der Waals surface area contributed by atoms with E-state index in [1.807, 2.05) is 31.2 Å². The number of nitrogens with one attached hydrogen (secondary N) is 1. The summed E-state index contributed by atoms with van der Waals surface area (Å²) in [4.78, 5) is 24.3. The highest BCUT2D eigenvalue weighted by Gasteiger charge is 2.11. The summed E-state index contributed by atoms with van der Waals surface area (Å²) < 4.78 is 3.12. The first-order valence-corrected chi connectivity index (χ1v) is 7.46. The maximum atomic E-state index is 12.3. The third-order valence-corrected chi connectivity index (χ3v) is 4.11. The number of carbonyl (C=O) groups excluding carboxylic acids is 1. The highest BCUT2D eigenvalue weighted by Crippen LogP contribution is 2.14. The maximum absolute atomic E-state index is 12.3. The zero-order valence-corrected chi connectivity index (χ0v) is 13.5. The van der Waals surface area contributed by atoms with Gasteiger partial charge in [-0.1, -0.05) is 29.8 Å². The van der Waals surface area contributed by atoms with Crippen molar-refractivity contribution in [3.8, 4) is 0 Å². The van der Waals surface area contributed by atoms with E-state index in [4.69, 9.17) is 0 Å². The van der Waals surface area contributed by atoms with Gasteiger partial charge in [-0.3, -0.25) is 13.9 Å². The number of benzene rings is 2. The van der Waals surface area contributed by atoms with Crippen molar-refractivity contribution in [2.75, 3.05) is 0 Å². The Hall–Kier alpha value is -2.82. The van der Waals surface area contributed by atoms with Crippen LogP contribution in [0, 0.1) is 6.92 Å². The van der Waals surface area contributed by atoms with Gasteiger partial charge in [0.2, 0.25) is 0 Å². The lowest BCUT2D eigenvalue weighted by Crippen LogP contribution is -2.22. The molecular formula is C18H19N3O2. The molecule has 118 valence electrons. The minimum atomic E-state index is -0.149. The Balaban J connectivity index is 1.82. The number of aryl methyl sites for hydroxylation is 3. The quantitative estimate of drug-likeness (QED) is 0.805. The van der Waals surface area contributed by atoms with Crippen LogP contribution in [0.25, 0.3) is 11.0 Å². The molecule has 3 aromatic rings. The third kappa shape index (κ3) is 2.77. The van der Waals surface area contributed by atoms with Gasteiger partial charge in [-0.25, -0.2) is 4.79 Å². The lowest BCUT2D eigenvalue weighted by molar-refractivity contribution is 0.0951. The van der Waals surface area contributed by atoms with Crippen LogP contribution in [0.2, 0.25) is 0 Å². The molecule has 3 rings (SSSR count). The summed E-state index contributed by atoms with van der Waals surface area (Å²) in [6.45, 7) is 2.51. The summed E-state index contributed by atoms with van der Waals surface area (Å²) in [7, 11) is 3.43. The minimum Gasteiger partial charge on any atom is -0.348 e. The molecule has 0 bridgehead atoms. The number of aromatic nitrogens is 2. The molecule has 0 radical (unpaired) electrons. The standard InChI is InChI=1S/C18H19N3O2/c1-12-4-6-13(7-5-12)11-19-17(22)14-8-9-15-16(10-14)21(3)18(23)20(15)2/h4-10H,11H2,1-3H3,(H,19,22). The Morgan fingerprint density at radius 1 is 1.00 bits per heavy atom. The summed E-state index contributed by atoms with van der Waals surface area (Å²) in [5, 5.41) is 2.91. The number of nitrogens with zero attached hydrogens (tertiary/aromatic N) is 2. The Morgan fingerprint density at radius 2 is 1.65 bits per heavy atom. The lowest BCUT2D eigenvalue weighted by Gasteiger charge is -2.06. The summed E-state index contributed by atoms with van der Waals surface area (Å²) in [6.07, 6.45) is 0. The van der Waals surface area contributed by atoms with E-state index in [1.165, 1.54) is 5.56 Å². The molecule has 0 fully saturated rings. The summed E-state index contributed by atoms with van der Waals surface area (Å²) >= 11 is 0. The number of fused-ring (bicyclic) bond motifs is 1. The summed E-state index contributed by atoms with van der Waals surface area (Å²) in [5.41, 5.74) is 4.25. The van der Waals surface area contributed by atoms with Crippen LogP contribution in [-0.4, -0.2) is 15.0 Å². The van der Waals surface area contributed by atoms with E-state index in [0.717, 1.165) is 16.6 Å². The van der Waals surface area contributed by atoms with Gasteiger partial charge in [0.25, 0.3) is 5.91 Å². The van der Waals surface area contributed by atoms with Crippen molar-refractivity contribution in [2.24, 2.45) is 14.1 Å². The fraction of sp³-hybridized carbons (Fsp3) is 0.222. The predicted octanol–water partition coefficient (Wildman–Crippen LogP) is 2.12. The number of carbonyl (C=O) groups is 1. The molecule has 23 heavy (non-hydrogen) atoms. The van der Waals surface area contributed by atoms with Gasteiger partial charge in [0.1, 0.15) is 0 Å². The first-order valence-electron chi connectivity index (χ1n) is 7.46. The van der Waals surface area contributed by atoms with Gasteiger partial charge in [0.05, 0.1) is 11.0 Å². The summed E-state index contributed by atoms with van der Waals surface area (Å²) in [5.74, 6) is -0.149. The van der Waals surface area contributed by atoms with E-state index in [0.29, 0.717) is 12.1 Å². The maximum Gasteiger partial charge on any atom is 0.328 e. The smallest absolute Gasteiger partial charge is 0.328 e. The van der Waals surface area contributed by atoms with E-state index < -0.39 is 0 Å². The molecule has 0 atom stereocenters. The molecule has 2 aromatic carbocycles. The van der Waals surface area contributed by atoms with Crippen molar-refractivity contribution in [3.05, 3.63) is 69.6 Å². The van der Waals surface area contributed by atoms with Crippen LogP contribution in [-0.2, 0) is 20.6 Å². The number of imidazole rings is 1. The van der Waals surface area contributed by atoms with Gasteiger partial charge in [0.15, 0.2) is 0 Å². The number of hydrogen-bond donors (Lipinski definition) is 1. The molecule has 0 aliphatic carbocycles. The molecule has 0 unspecified atom stereocenters. The molecule has 1 amide bonds. The average molecular weight is 309 g/mol. The first kappa shape index (κ1) is 15.1. The first-order chi connectivity index (χ1) is 11.0. The molecule has 1 N–H and O–H groups in total. The molecule has 0 aliphatic rings. The van der Waals surface area contributed by atoms with E-state index in [9.17, 15) is 9.59 Å². The van der Waals surface area contributed by atoms with Gasteiger partial charge in [-0.2, -0.15) is 0 Å². The second-order valence-corrected chi connectivity index (χ2v) is 5.77. The molecule has 0 spiro atoms. The fourth-order valence-electron chi connectivity index (χ4n) is 2.64. The molecule has 5 nitrogen and oxygen atoms in total. The largest absolute Gasteiger partial charge is 0.348 e. The van der Waals surface area contributed by atoms with Gasteiger partial charge < -0.3 is 5.32 Å². The average Bonchev–Trinajstić information content (AvgIpc) is 2.78. The van der Waals surface area contributed by atoms with Gasteiger partial charge in [-0.15, -0.1) is 0 Å². The topological polar surface area (TPSA) is 56.0 Å². The molecule has 0 saturated carbocycles. The Labute approximate surface area is 134 Å². The van der Waals surface area contributed by atoms with Crippen LogP contribution in [0.5, 0.6) is 0 Å². The number of amides is 1. The van der Waals surface area contributed by atoms with Gasteiger partial charge >= 0.3 is 5.69 Å².